The van der Waals surface area contributed by atoms with E-state index in [1.807, 2.05) is 0 Å². The van der Waals surface area contributed by atoms with Gasteiger partial charge in [0.05, 0.1) is 6.10 Å². The Morgan fingerprint density at radius 3 is 1.75 bits per heavy atom. The first kappa shape index (κ1) is 13.2. The number of benzene rings is 1. The van der Waals surface area contributed by atoms with Crippen LogP contribution in [0.15, 0.2) is 24.3 Å². The molecule has 0 aliphatic heterocycles. The lowest BCUT2D eigenvalue weighted by Crippen LogP contribution is -2.39. The second kappa shape index (κ2) is 4.17. The third-order valence-corrected chi connectivity index (χ3v) is 2.84. The van der Waals surface area contributed by atoms with Crippen LogP contribution in [0.3, 0.4) is 0 Å². The van der Waals surface area contributed by atoms with E-state index in [4.69, 9.17) is 0 Å². The normalized spacial score (nSPS) is 14.9. The monoisotopic (exact) mass is 224 g/mol. The van der Waals surface area contributed by atoms with Crippen LogP contribution in [0.4, 0.5) is 0 Å². The van der Waals surface area contributed by atoms with Crippen LogP contribution in [0.25, 0.3) is 0 Å². The molecule has 0 saturated heterocycles. The average Bonchev–Trinajstić information content (AvgIpc) is 2.16. The molecular formula is C13H20O3. The largest absolute Gasteiger partial charge is 0.389 e. The summed E-state index contributed by atoms with van der Waals surface area (Å²) in [7, 11) is 0. The van der Waals surface area contributed by atoms with Gasteiger partial charge in [-0.05, 0) is 12.5 Å². The van der Waals surface area contributed by atoms with E-state index in [9.17, 15) is 15.3 Å². The van der Waals surface area contributed by atoms with Crippen LogP contribution in [-0.4, -0.2) is 15.3 Å². The van der Waals surface area contributed by atoms with E-state index < -0.39 is 17.3 Å². The van der Waals surface area contributed by atoms with E-state index in [1.54, 1.807) is 52.0 Å². The fourth-order valence-corrected chi connectivity index (χ4v) is 1.43. The van der Waals surface area contributed by atoms with Crippen molar-refractivity contribution in [3.05, 3.63) is 35.4 Å². The summed E-state index contributed by atoms with van der Waals surface area (Å²) in [4.78, 5) is 0. The minimum atomic E-state index is -1.87. The van der Waals surface area contributed by atoms with Crippen molar-refractivity contribution < 1.29 is 15.3 Å². The van der Waals surface area contributed by atoms with Crippen LogP contribution in [0.2, 0.25) is 0 Å². The molecule has 1 aromatic rings. The van der Waals surface area contributed by atoms with E-state index in [0.29, 0.717) is 5.56 Å². The van der Waals surface area contributed by atoms with Gasteiger partial charge in [0.25, 0.3) is 0 Å². The highest BCUT2D eigenvalue weighted by Gasteiger charge is 2.39. The Morgan fingerprint density at radius 1 is 1.00 bits per heavy atom. The second-order valence-electron chi connectivity index (χ2n) is 5.22. The highest BCUT2D eigenvalue weighted by atomic mass is 16.5. The summed E-state index contributed by atoms with van der Waals surface area (Å²) in [5, 5.41) is 29.4. The highest BCUT2D eigenvalue weighted by Crippen LogP contribution is 2.36. The van der Waals surface area contributed by atoms with Gasteiger partial charge in [-0.2, -0.15) is 0 Å². The lowest BCUT2D eigenvalue weighted by molar-refractivity contribution is -0.237. The van der Waals surface area contributed by atoms with Crippen molar-refractivity contribution in [2.75, 3.05) is 0 Å². The van der Waals surface area contributed by atoms with Crippen molar-refractivity contribution in [2.45, 2.75) is 39.6 Å². The van der Waals surface area contributed by atoms with Gasteiger partial charge >= 0.3 is 0 Å². The van der Waals surface area contributed by atoms with Crippen molar-refractivity contribution >= 4 is 0 Å². The maximum atomic E-state index is 10.0. The molecule has 16 heavy (non-hydrogen) atoms. The maximum Gasteiger partial charge on any atom is 0.194 e. The molecule has 3 N–H and O–H groups in total. The lowest BCUT2D eigenvalue weighted by atomic mass is 9.81. The minimum Gasteiger partial charge on any atom is -0.389 e. The van der Waals surface area contributed by atoms with Gasteiger partial charge in [0.1, 0.15) is 0 Å². The molecular weight excluding hydrogens is 204 g/mol. The third-order valence-electron chi connectivity index (χ3n) is 2.84. The molecule has 0 heterocycles. The average molecular weight is 224 g/mol. The van der Waals surface area contributed by atoms with Gasteiger partial charge in [-0.25, -0.2) is 0 Å². The molecule has 0 bridgehead atoms. The van der Waals surface area contributed by atoms with Crippen molar-refractivity contribution in [1.82, 2.24) is 0 Å². The van der Waals surface area contributed by atoms with E-state index in [0.717, 1.165) is 5.56 Å². The fourth-order valence-electron chi connectivity index (χ4n) is 1.43. The number of hydrogen-bond acceptors (Lipinski definition) is 3. The van der Waals surface area contributed by atoms with Crippen molar-refractivity contribution in [3.63, 3.8) is 0 Å². The first-order valence-electron chi connectivity index (χ1n) is 5.39. The van der Waals surface area contributed by atoms with Crippen LogP contribution in [0.5, 0.6) is 0 Å². The molecule has 3 heteroatoms. The molecule has 1 aromatic carbocycles. The van der Waals surface area contributed by atoms with Crippen molar-refractivity contribution in [3.8, 4) is 0 Å². The van der Waals surface area contributed by atoms with E-state index in [2.05, 4.69) is 0 Å². The highest BCUT2D eigenvalue weighted by molar-refractivity contribution is 5.27. The number of hydrogen-bond donors (Lipinski definition) is 3. The van der Waals surface area contributed by atoms with E-state index in [-0.39, 0.29) is 0 Å². The molecule has 0 fully saturated rings. The molecule has 0 aliphatic rings. The molecule has 0 amide bonds. The molecule has 1 unspecified atom stereocenters. The van der Waals surface area contributed by atoms with E-state index in [1.165, 1.54) is 0 Å². The number of rotatable bonds is 2. The Morgan fingerprint density at radius 2 is 1.44 bits per heavy atom. The van der Waals surface area contributed by atoms with Crippen LogP contribution < -0.4 is 0 Å². The number of aliphatic hydroxyl groups excluding tert-OH is 1. The van der Waals surface area contributed by atoms with Gasteiger partial charge in [-0.1, -0.05) is 45.0 Å². The first-order valence-corrected chi connectivity index (χ1v) is 5.39. The van der Waals surface area contributed by atoms with Crippen LogP contribution >= 0.6 is 0 Å². The van der Waals surface area contributed by atoms with Crippen molar-refractivity contribution in [2.24, 2.45) is 5.41 Å². The summed E-state index contributed by atoms with van der Waals surface area (Å²) in [5.74, 6) is -1.87. The summed E-state index contributed by atoms with van der Waals surface area (Å²) in [5.41, 5.74) is 0.525. The van der Waals surface area contributed by atoms with E-state index >= 15 is 0 Å². The van der Waals surface area contributed by atoms with Gasteiger partial charge in [-0.15, -0.1) is 0 Å². The van der Waals surface area contributed by atoms with Gasteiger partial charge in [0, 0.05) is 11.0 Å². The molecule has 0 aliphatic carbocycles. The van der Waals surface area contributed by atoms with Gasteiger partial charge in [0.15, 0.2) is 5.79 Å². The summed E-state index contributed by atoms with van der Waals surface area (Å²) >= 11 is 0. The third kappa shape index (κ3) is 2.43. The van der Waals surface area contributed by atoms with Crippen LogP contribution in [0.1, 0.15) is 44.9 Å². The minimum absolute atomic E-state index is 0.435. The molecule has 1 atom stereocenters. The zero-order valence-corrected chi connectivity index (χ0v) is 10.2. The SMILES string of the molecule is CC(O)c1ccc(C(O)(O)C(C)(C)C)cc1. The summed E-state index contributed by atoms with van der Waals surface area (Å²) in [6, 6.07) is 6.67. The van der Waals surface area contributed by atoms with Crippen LogP contribution in [-0.2, 0) is 5.79 Å². The zero-order chi connectivity index (χ0) is 12.6. The topological polar surface area (TPSA) is 60.7 Å². The van der Waals surface area contributed by atoms with Gasteiger partial charge in [-0.3, -0.25) is 0 Å². The van der Waals surface area contributed by atoms with Gasteiger partial charge < -0.3 is 15.3 Å². The lowest BCUT2D eigenvalue weighted by Gasteiger charge is -2.35. The maximum absolute atomic E-state index is 10.0. The van der Waals surface area contributed by atoms with Gasteiger partial charge in [0.2, 0.25) is 0 Å². The standard InChI is InChI=1S/C13H20O3/c1-9(14)10-5-7-11(8-6-10)13(15,16)12(2,3)4/h5-9,14-16H,1-4H3. The van der Waals surface area contributed by atoms with Crippen molar-refractivity contribution in [1.29, 1.82) is 0 Å². The second-order valence-corrected chi connectivity index (χ2v) is 5.22. The fraction of sp³-hybridized carbons (Fsp3) is 0.538. The molecule has 0 aromatic heterocycles. The molecule has 90 valence electrons. The Hall–Kier alpha value is -0.900. The first-order chi connectivity index (χ1) is 7.16. The summed E-state index contributed by atoms with van der Waals surface area (Å²) in [6.07, 6.45) is -0.546. The molecule has 0 spiro atoms. The molecule has 0 saturated carbocycles. The molecule has 3 nitrogen and oxygen atoms in total. The summed E-state index contributed by atoms with van der Waals surface area (Å²) < 4.78 is 0. The summed E-state index contributed by atoms with van der Waals surface area (Å²) in [6.45, 7) is 6.95. The van der Waals surface area contributed by atoms with Crippen LogP contribution in [0, 0.1) is 5.41 Å². The molecule has 1 rings (SSSR count). The predicted molar refractivity (Wildman–Crippen MR) is 62.6 cm³/mol. The quantitative estimate of drug-likeness (QED) is 0.673. The Kier molecular flexibility index (Phi) is 3.43. The smallest absolute Gasteiger partial charge is 0.194 e. The zero-order valence-electron chi connectivity index (χ0n) is 10.2. The Bertz CT molecular complexity index is 344. The number of aliphatic hydroxyl groups is 3. The Balaban J connectivity index is 3.07. The molecule has 0 radical (unpaired) electrons. The predicted octanol–water partition coefficient (Wildman–Crippen LogP) is 1.92. The Labute approximate surface area is 96.4 Å².